The lowest BCUT2D eigenvalue weighted by Crippen LogP contribution is -2.03. The average Bonchev–Trinajstić information content (AvgIpc) is 2.56. The third kappa shape index (κ3) is 1.87. The van der Waals surface area contributed by atoms with Crippen LogP contribution in [0.4, 0.5) is 0 Å². The highest BCUT2D eigenvalue weighted by Crippen LogP contribution is 2.41. The van der Waals surface area contributed by atoms with Crippen LogP contribution in [0.25, 0.3) is 0 Å². The van der Waals surface area contributed by atoms with Crippen LogP contribution in [0, 0.1) is 0 Å². The summed E-state index contributed by atoms with van der Waals surface area (Å²) in [6.07, 6.45) is 2.88. The highest BCUT2D eigenvalue weighted by Gasteiger charge is 2.21. The quantitative estimate of drug-likeness (QED) is 0.666. The van der Waals surface area contributed by atoms with Crippen LogP contribution < -0.4 is 0 Å². The molecule has 0 aliphatic carbocycles. The Hall–Kier alpha value is 0.0700. The topological polar surface area (TPSA) is 13.1 Å². The van der Waals surface area contributed by atoms with Crippen molar-refractivity contribution >= 4 is 39.3 Å². The molecule has 64 valence electrons. The minimum absolute atomic E-state index is 0.453. The lowest BCUT2D eigenvalue weighted by molar-refractivity contribution is 0.503. The first-order chi connectivity index (χ1) is 5.86. The lowest BCUT2D eigenvalue weighted by Gasteiger charge is -2.18. The van der Waals surface area contributed by atoms with E-state index < -0.39 is 0 Å². The van der Waals surface area contributed by atoms with Crippen LogP contribution in [0.2, 0.25) is 0 Å². The van der Waals surface area contributed by atoms with Gasteiger partial charge in [0.1, 0.15) is 9.29 Å². The van der Waals surface area contributed by atoms with E-state index in [0.29, 0.717) is 5.25 Å². The van der Waals surface area contributed by atoms with Crippen molar-refractivity contribution in [2.45, 2.75) is 11.7 Å². The first-order valence-corrected chi connectivity index (χ1v) is 6.00. The minimum Gasteiger partial charge on any atom is -0.468 e. The molecule has 0 bridgehead atoms. The average molecular weight is 216 g/mol. The second kappa shape index (κ2) is 3.85. The number of hydrogen-bond donors (Lipinski definition) is 0. The van der Waals surface area contributed by atoms with Crippen molar-refractivity contribution in [2.75, 3.05) is 5.75 Å². The van der Waals surface area contributed by atoms with Gasteiger partial charge < -0.3 is 4.42 Å². The Bertz CT molecular complexity index is 268. The molecule has 0 aromatic carbocycles. The third-order valence-electron chi connectivity index (χ3n) is 1.70. The lowest BCUT2D eigenvalue weighted by atomic mass is 10.2. The minimum atomic E-state index is 0.453. The van der Waals surface area contributed by atoms with Crippen LogP contribution in [0.15, 0.2) is 22.8 Å². The fourth-order valence-electron chi connectivity index (χ4n) is 1.13. The SMILES string of the molecule is S=C1SCCC(c2ccco2)S1. The first-order valence-electron chi connectivity index (χ1n) is 3.73. The molecule has 1 aliphatic heterocycles. The molecular formula is C8H8OS3. The zero-order valence-corrected chi connectivity index (χ0v) is 8.81. The molecular weight excluding hydrogens is 208 g/mol. The monoisotopic (exact) mass is 216 g/mol. The zero-order chi connectivity index (χ0) is 8.39. The fraction of sp³-hybridized carbons (Fsp3) is 0.375. The van der Waals surface area contributed by atoms with Gasteiger partial charge in [0, 0.05) is 5.75 Å². The van der Waals surface area contributed by atoms with E-state index in [4.69, 9.17) is 16.6 Å². The van der Waals surface area contributed by atoms with Gasteiger partial charge in [0.15, 0.2) is 0 Å². The van der Waals surface area contributed by atoms with Crippen LogP contribution in [0.5, 0.6) is 0 Å². The molecule has 12 heavy (non-hydrogen) atoms. The molecule has 0 N–H and O–H groups in total. The van der Waals surface area contributed by atoms with Crippen molar-refractivity contribution in [1.82, 2.24) is 0 Å². The molecule has 1 atom stereocenters. The number of furan rings is 1. The van der Waals surface area contributed by atoms with E-state index in [2.05, 4.69) is 0 Å². The summed E-state index contributed by atoms with van der Waals surface area (Å²) in [7, 11) is 0. The second-order valence-electron chi connectivity index (χ2n) is 2.51. The van der Waals surface area contributed by atoms with E-state index in [0.717, 1.165) is 21.5 Å². The van der Waals surface area contributed by atoms with E-state index >= 15 is 0 Å². The van der Waals surface area contributed by atoms with Gasteiger partial charge in [0.05, 0.1) is 11.5 Å². The Balaban J connectivity index is 2.09. The zero-order valence-electron chi connectivity index (χ0n) is 6.36. The fourth-order valence-corrected chi connectivity index (χ4v) is 3.99. The molecule has 0 radical (unpaired) electrons. The Kier molecular flexibility index (Phi) is 2.78. The molecule has 0 saturated carbocycles. The summed E-state index contributed by atoms with van der Waals surface area (Å²) in [6.45, 7) is 0. The highest BCUT2D eigenvalue weighted by molar-refractivity contribution is 8.47. The Labute approximate surface area is 85.3 Å². The maximum absolute atomic E-state index is 5.33. The predicted octanol–water partition coefficient (Wildman–Crippen LogP) is 3.48. The summed E-state index contributed by atoms with van der Waals surface area (Å²) in [6, 6.07) is 3.96. The van der Waals surface area contributed by atoms with Crippen LogP contribution >= 0.6 is 35.7 Å². The second-order valence-corrected chi connectivity index (χ2v) is 6.01. The summed E-state index contributed by atoms with van der Waals surface area (Å²) in [5.41, 5.74) is 0. The predicted molar refractivity (Wildman–Crippen MR) is 58.7 cm³/mol. The van der Waals surface area contributed by atoms with Crippen molar-refractivity contribution in [3.05, 3.63) is 24.2 Å². The summed E-state index contributed by atoms with van der Waals surface area (Å²) in [4.78, 5) is 0. The molecule has 1 fully saturated rings. The first kappa shape index (κ1) is 8.66. The van der Waals surface area contributed by atoms with Gasteiger partial charge in [0.25, 0.3) is 0 Å². The molecule has 1 aromatic heterocycles. The Morgan fingerprint density at radius 3 is 3.17 bits per heavy atom. The van der Waals surface area contributed by atoms with Gasteiger partial charge in [-0.2, -0.15) is 0 Å². The van der Waals surface area contributed by atoms with Gasteiger partial charge in [-0.3, -0.25) is 0 Å². The Morgan fingerprint density at radius 1 is 1.58 bits per heavy atom. The molecule has 1 unspecified atom stereocenters. The maximum atomic E-state index is 5.33. The summed E-state index contributed by atoms with van der Waals surface area (Å²) in [5, 5.41) is 0.453. The standard InChI is InChI=1S/C8H8OS3/c10-8-11-5-3-7(12-8)6-2-1-4-9-6/h1-2,4,7H,3,5H2. The van der Waals surface area contributed by atoms with Crippen LogP contribution in [-0.4, -0.2) is 9.28 Å². The number of thioether (sulfide) groups is 2. The summed E-state index contributed by atoms with van der Waals surface area (Å²) < 4.78 is 6.38. The van der Waals surface area contributed by atoms with Crippen LogP contribution in [-0.2, 0) is 0 Å². The van der Waals surface area contributed by atoms with E-state index in [1.54, 1.807) is 29.8 Å². The molecule has 1 saturated heterocycles. The molecule has 4 heteroatoms. The Morgan fingerprint density at radius 2 is 2.50 bits per heavy atom. The van der Waals surface area contributed by atoms with Gasteiger partial charge in [-0.15, -0.1) is 11.8 Å². The van der Waals surface area contributed by atoms with Gasteiger partial charge >= 0.3 is 0 Å². The van der Waals surface area contributed by atoms with E-state index in [9.17, 15) is 0 Å². The maximum Gasteiger partial charge on any atom is 0.117 e. The molecule has 1 aliphatic rings. The van der Waals surface area contributed by atoms with E-state index in [-0.39, 0.29) is 0 Å². The third-order valence-corrected chi connectivity index (χ3v) is 4.60. The van der Waals surface area contributed by atoms with E-state index in [1.165, 1.54) is 0 Å². The van der Waals surface area contributed by atoms with Gasteiger partial charge in [-0.05, 0) is 18.6 Å². The normalized spacial score (nSPS) is 24.3. The molecule has 1 aromatic rings. The van der Waals surface area contributed by atoms with Crippen molar-refractivity contribution in [1.29, 1.82) is 0 Å². The molecule has 2 heterocycles. The van der Waals surface area contributed by atoms with Gasteiger partial charge in [-0.25, -0.2) is 0 Å². The van der Waals surface area contributed by atoms with Crippen molar-refractivity contribution < 1.29 is 4.42 Å². The van der Waals surface area contributed by atoms with Crippen molar-refractivity contribution in [3.63, 3.8) is 0 Å². The van der Waals surface area contributed by atoms with Crippen LogP contribution in [0.1, 0.15) is 17.4 Å². The highest BCUT2D eigenvalue weighted by atomic mass is 32.2. The largest absolute Gasteiger partial charge is 0.468 e. The summed E-state index contributed by atoms with van der Waals surface area (Å²) >= 11 is 8.66. The molecule has 1 nitrogen and oxygen atoms in total. The van der Waals surface area contributed by atoms with Crippen molar-refractivity contribution in [2.24, 2.45) is 0 Å². The van der Waals surface area contributed by atoms with E-state index in [1.807, 2.05) is 12.1 Å². The summed E-state index contributed by atoms with van der Waals surface area (Å²) in [5.74, 6) is 2.18. The number of hydrogen-bond acceptors (Lipinski definition) is 4. The molecule has 2 rings (SSSR count). The number of rotatable bonds is 1. The van der Waals surface area contributed by atoms with Crippen LogP contribution in [0.3, 0.4) is 0 Å². The van der Waals surface area contributed by atoms with Gasteiger partial charge in [0.2, 0.25) is 0 Å². The van der Waals surface area contributed by atoms with Gasteiger partial charge in [-0.1, -0.05) is 24.0 Å². The molecule has 0 spiro atoms. The molecule has 0 amide bonds. The van der Waals surface area contributed by atoms with Crippen molar-refractivity contribution in [3.8, 4) is 0 Å². The smallest absolute Gasteiger partial charge is 0.117 e. The number of thiocarbonyl (C=S) groups is 1.